The molecule has 0 unspecified atom stereocenters. The quantitative estimate of drug-likeness (QED) is 0.199. The maximum atomic E-state index is 12.8. The fraction of sp³-hybridized carbons (Fsp3) is 0.200. The maximum absolute atomic E-state index is 12.8. The van der Waals surface area contributed by atoms with E-state index < -0.39 is 26.0 Å². The molecule has 0 saturated carbocycles. The van der Waals surface area contributed by atoms with Crippen molar-refractivity contribution in [1.29, 1.82) is 0 Å². The van der Waals surface area contributed by atoms with Crippen molar-refractivity contribution in [2.75, 3.05) is 28.9 Å². The summed E-state index contributed by atoms with van der Waals surface area (Å²) in [5.74, 6) is -0.603. The molecule has 0 radical (unpaired) electrons. The lowest BCUT2D eigenvalue weighted by Crippen LogP contribution is -2.30. The highest BCUT2D eigenvalue weighted by atomic mass is 35.5. The van der Waals surface area contributed by atoms with E-state index in [4.69, 9.17) is 27.6 Å². The summed E-state index contributed by atoms with van der Waals surface area (Å²) in [6.45, 7) is 4.08. The monoisotopic (exact) mass is 642 g/mol. The number of carbonyl (C=O) groups excluding carboxylic acids is 1. The van der Waals surface area contributed by atoms with Gasteiger partial charge in [-0.25, -0.2) is 21.8 Å². The number of nitrogens with zero attached hydrogens (tertiary/aromatic N) is 2. The van der Waals surface area contributed by atoms with Crippen LogP contribution in [0.15, 0.2) is 80.1 Å². The Hall–Kier alpha value is -2.81. The van der Waals surface area contributed by atoms with E-state index in [1.165, 1.54) is 40.7 Å². The van der Waals surface area contributed by atoms with Gasteiger partial charge in [0.25, 0.3) is 15.2 Å². The van der Waals surface area contributed by atoms with E-state index in [1.807, 2.05) is 0 Å². The number of carbonyl (C=O) groups is 1. The van der Waals surface area contributed by atoms with Crippen molar-refractivity contribution in [3.05, 3.63) is 70.7 Å². The van der Waals surface area contributed by atoms with Crippen LogP contribution in [-0.2, 0) is 24.8 Å². The summed E-state index contributed by atoms with van der Waals surface area (Å²) in [7, 11) is -7.69. The van der Waals surface area contributed by atoms with Gasteiger partial charge in [0.15, 0.2) is 5.58 Å². The first kappa shape index (κ1) is 30.2. The number of nitrogens with one attached hydrogen (secondary N) is 2. The highest BCUT2D eigenvalue weighted by Gasteiger charge is 2.23. The number of aromatic nitrogens is 1. The molecular weight excluding hydrogens is 619 g/mol. The Kier molecular flexibility index (Phi) is 9.33. The molecule has 4 aromatic rings. The van der Waals surface area contributed by atoms with E-state index in [9.17, 15) is 21.6 Å². The molecule has 0 saturated heterocycles. The van der Waals surface area contributed by atoms with Crippen molar-refractivity contribution in [1.82, 2.24) is 9.29 Å². The number of para-hydroxylation sites is 1. The number of oxazole rings is 1. The lowest BCUT2D eigenvalue weighted by Gasteiger charge is -2.19. The van der Waals surface area contributed by atoms with Gasteiger partial charge in [0.1, 0.15) is 5.52 Å². The lowest BCUT2D eigenvalue weighted by atomic mass is 10.3. The highest BCUT2D eigenvalue weighted by Crippen LogP contribution is 2.30. The van der Waals surface area contributed by atoms with Crippen molar-refractivity contribution in [3.8, 4) is 0 Å². The van der Waals surface area contributed by atoms with E-state index in [1.54, 1.807) is 38.1 Å². The summed E-state index contributed by atoms with van der Waals surface area (Å²) < 4.78 is 60.7. The smallest absolute Gasteiger partial charge is 0.262 e. The van der Waals surface area contributed by atoms with Gasteiger partial charge in [0, 0.05) is 13.1 Å². The normalized spacial score (nSPS) is 12.1. The van der Waals surface area contributed by atoms with Crippen LogP contribution in [0.3, 0.4) is 0 Å². The minimum Gasteiger partial charge on any atom is -0.431 e. The van der Waals surface area contributed by atoms with Gasteiger partial charge in [-0.15, -0.1) is 0 Å². The molecule has 0 fully saturated rings. The number of hydrogen-bond donors (Lipinski definition) is 2. The van der Waals surface area contributed by atoms with Crippen LogP contribution in [-0.4, -0.2) is 50.9 Å². The Morgan fingerprint density at radius 1 is 0.925 bits per heavy atom. The van der Waals surface area contributed by atoms with Crippen LogP contribution >= 0.6 is 35.0 Å². The molecule has 0 spiro atoms. The molecule has 1 amide bonds. The molecule has 0 bridgehead atoms. The van der Waals surface area contributed by atoms with Crippen LogP contribution in [0.25, 0.3) is 11.1 Å². The van der Waals surface area contributed by atoms with E-state index in [-0.39, 0.29) is 47.7 Å². The number of anilines is 2. The predicted molar refractivity (Wildman–Crippen MR) is 157 cm³/mol. The van der Waals surface area contributed by atoms with Crippen molar-refractivity contribution >= 4 is 83.4 Å². The second-order valence-corrected chi connectivity index (χ2v) is 13.6. The lowest BCUT2D eigenvalue weighted by molar-refractivity contribution is -0.113. The first-order valence-electron chi connectivity index (χ1n) is 11.8. The van der Waals surface area contributed by atoms with Crippen molar-refractivity contribution in [2.24, 2.45) is 0 Å². The third kappa shape index (κ3) is 6.73. The molecular formula is C25H24Cl2N4O6S3. The molecule has 1 heterocycles. The average Bonchev–Trinajstić information content (AvgIpc) is 3.33. The van der Waals surface area contributed by atoms with Gasteiger partial charge in [0.2, 0.25) is 15.9 Å². The topological polar surface area (TPSA) is 139 Å². The maximum Gasteiger partial charge on any atom is 0.262 e. The largest absolute Gasteiger partial charge is 0.431 e. The summed E-state index contributed by atoms with van der Waals surface area (Å²) in [5, 5.41) is 3.19. The molecule has 212 valence electrons. The predicted octanol–water partition coefficient (Wildman–Crippen LogP) is 5.70. The molecule has 1 aromatic heterocycles. The summed E-state index contributed by atoms with van der Waals surface area (Å²) in [6.07, 6.45) is 0. The molecule has 10 nitrogen and oxygen atoms in total. The second-order valence-electron chi connectivity index (χ2n) is 8.26. The van der Waals surface area contributed by atoms with Gasteiger partial charge >= 0.3 is 0 Å². The third-order valence-electron chi connectivity index (χ3n) is 5.65. The average molecular weight is 644 g/mol. The highest BCUT2D eigenvalue weighted by molar-refractivity contribution is 7.99. The van der Waals surface area contributed by atoms with Crippen LogP contribution in [0, 0.1) is 0 Å². The molecule has 15 heteroatoms. The minimum absolute atomic E-state index is 0.0114. The van der Waals surface area contributed by atoms with Crippen LogP contribution in [0.4, 0.5) is 11.4 Å². The van der Waals surface area contributed by atoms with Gasteiger partial charge in [-0.1, -0.05) is 60.9 Å². The molecule has 0 aliphatic rings. The second kappa shape index (κ2) is 12.4. The van der Waals surface area contributed by atoms with Crippen LogP contribution in [0.2, 0.25) is 10.0 Å². The van der Waals surface area contributed by atoms with Crippen molar-refractivity contribution in [2.45, 2.75) is 28.9 Å². The number of benzene rings is 3. The molecule has 0 aliphatic carbocycles. The summed E-state index contributed by atoms with van der Waals surface area (Å²) >= 11 is 13.2. The zero-order valence-electron chi connectivity index (χ0n) is 21.2. The number of rotatable bonds is 11. The van der Waals surface area contributed by atoms with Crippen LogP contribution in [0.5, 0.6) is 0 Å². The van der Waals surface area contributed by atoms with Gasteiger partial charge in [0.05, 0.1) is 37.0 Å². The van der Waals surface area contributed by atoms with Gasteiger partial charge in [-0.2, -0.15) is 4.31 Å². The standard InChI is InChI=1S/C25H24Cl2N4O6S3/c1-3-31(4-2)40(35,36)17-9-11-19(27)21(14-17)28-24(32)15-38-25-29-22-13-16(10-12-23(22)37-25)39(33,34)30-20-8-6-5-7-18(20)26/h5-14,30H,3-4,15H2,1-2H3,(H,28,32). The Bertz CT molecular complexity index is 1770. The Balaban J connectivity index is 1.45. The number of thioether (sulfide) groups is 1. The Morgan fingerprint density at radius 2 is 1.60 bits per heavy atom. The molecule has 3 aromatic carbocycles. The molecule has 0 atom stereocenters. The Morgan fingerprint density at radius 3 is 2.30 bits per heavy atom. The fourth-order valence-corrected chi connectivity index (χ4v) is 7.28. The first-order chi connectivity index (χ1) is 18.9. The van der Waals surface area contributed by atoms with Gasteiger partial charge in [-0.3, -0.25) is 9.52 Å². The van der Waals surface area contributed by atoms with E-state index in [0.29, 0.717) is 18.7 Å². The third-order valence-corrected chi connectivity index (χ3v) is 10.5. The first-order valence-corrected chi connectivity index (χ1v) is 16.5. The van der Waals surface area contributed by atoms with Crippen LogP contribution in [0.1, 0.15) is 13.8 Å². The zero-order chi connectivity index (χ0) is 29.1. The molecule has 40 heavy (non-hydrogen) atoms. The molecule has 4 rings (SSSR count). The fourth-order valence-electron chi connectivity index (χ4n) is 3.65. The molecule has 0 aliphatic heterocycles. The minimum atomic E-state index is -3.95. The number of fused-ring (bicyclic) bond motifs is 1. The number of hydrogen-bond acceptors (Lipinski definition) is 8. The SMILES string of the molecule is CCN(CC)S(=O)(=O)c1ccc(Cl)c(NC(=O)CSc2nc3cc(S(=O)(=O)Nc4ccccc4Cl)ccc3o2)c1. The summed E-state index contributed by atoms with van der Waals surface area (Å²) in [4.78, 5) is 16.9. The number of sulfonamides is 2. The zero-order valence-corrected chi connectivity index (χ0v) is 25.2. The number of halogens is 2. The van der Waals surface area contributed by atoms with E-state index >= 15 is 0 Å². The summed E-state index contributed by atoms with van der Waals surface area (Å²) in [5.41, 5.74) is 1.00. The van der Waals surface area contributed by atoms with Gasteiger partial charge < -0.3 is 9.73 Å². The molecule has 2 N–H and O–H groups in total. The number of amides is 1. The van der Waals surface area contributed by atoms with E-state index in [0.717, 1.165) is 11.8 Å². The van der Waals surface area contributed by atoms with E-state index in [2.05, 4.69) is 15.0 Å². The Labute approximate surface area is 246 Å². The van der Waals surface area contributed by atoms with Crippen LogP contribution < -0.4 is 10.0 Å². The van der Waals surface area contributed by atoms with Crippen molar-refractivity contribution < 1.29 is 26.0 Å². The summed E-state index contributed by atoms with van der Waals surface area (Å²) in [6, 6.07) is 14.8. The van der Waals surface area contributed by atoms with Crippen molar-refractivity contribution in [3.63, 3.8) is 0 Å². The van der Waals surface area contributed by atoms with Gasteiger partial charge in [-0.05, 0) is 48.5 Å².